The molecule has 0 saturated carbocycles. The van der Waals surface area contributed by atoms with Crippen LogP contribution in [0.2, 0.25) is 0 Å². The van der Waals surface area contributed by atoms with Crippen LogP contribution in [0.5, 0.6) is 0 Å². The lowest BCUT2D eigenvalue weighted by molar-refractivity contribution is -0.137. The minimum atomic E-state index is -0.776. The normalized spacial score (nSPS) is 13.0. The summed E-state index contributed by atoms with van der Waals surface area (Å²) in [5.74, 6) is -0.721. The lowest BCUT2D eigenvalue weighted by Crippen LogP contribution is -2.30. The maximum absolute atomic E-state index is 11.9. The third-order valence-corrected chi connectivity index (χ3v) is 3.65. The number of aryl methyl sites for hydroxylation is 1. The Labute approximate surface area is 125 Å². The summed E-state index contributed by atoms with van der Waals surface area (Å²) in [6, 6.07) is 0. The van der Waals surface area contributed by atoms with Gasteiger partial charge < -0.3 is 15.0 Å². The predicted octanol–water partition coefficient (Wildman–Crippen LogP) is 2.07. The van der Waals surface area contributed by atoms with Gasteiger partial charge in [0.15, 0.2) is 0 Å². The highest BCUT2D eigenvalue weighted by Crippen LogP contribution is 2.32. The molecule has 1 aromatic rings. The zero-order chi connectivity index (χ0) is 16.0. The third-order valence-electron chi connectivity index (χ3n) is 3.65. The van der Waals surface area contributed by atoms with E-state index in [0.29, 0.717) is 18.7 Å². The van der Waals surface area contributed by atoms with Crippen LogP contribution in [0.1, 0.15) is 50.5 Å². The fourth-order valence-corrected chi connectivity index (χ4v) is 2.29. The van der Waals surface area contributed by atoms with Gasteiger partial charge in [0.05, 0.1) is 6.33 Å². The molecule has 1 atom stereocenters. The molecule has 6 heteroatoms. The molecule has 0 aromatic carbocycles. The molecule has 0 aliphatic rings. The van der Waals surface area contributed by atoms with Crippen molar-refractivity contribution in [3.8, 4) is 0 Å². The van der Waals surface area contributed by atoms with Gasteiger partial charge in [0.25, 0.3) is 5.91 Å². The van der Waals surface area contributed by atoms with Gasteiger partial charge in [-0.05, 0) is 24.2 Å². The molecule has 21 heavy (non-hydrogen) atoms. The zero-order valence-corrected chi connectivity index (χ0v) is 13.2. The van der Waals surface area contributed by atoms with Crippen molar-refractivity contribution in [3.05, 3.63) is 18.2 Å². The molecule has 1 amide bonds. The first-order valence-corrected chi connectivity index (χ1v) is 7.18. The molecule has 1 aromatic heterocycles. The SMILES string of the molecule is Cn1cnc(C(=O)NCCC(CCC(=O)O)C(C)(C)C)c1. The van der Waals surface area contributed by atoms with Gasteiger partial charge in [-0.1, -0.05) is 20.8 Å². The zero-order valence-electron chi connectivity index (χ0n) is 13.2. The van der Waals surface area contributed by atoms with E-state index in [2.05, 4.69) is 31.1 Å². The molecule has 0 bridgehead atoms. The van der Waals surface area contributed by atoms with E-state index in [4.69, 9.17) is 5.11 Å². The molecule has 1 heterocycles. The first-order valence-electron chi connectivity index (χ1n) is 7.18. The number of aliphatic carboxylic acids is 1. The van der Waals surface area contributed by atoms with Gasteiger partial charge in [-0.3, -0.25) is 9.59 Å². The van der Waals surface area contributed by atoms with E-state index in [1.54, 1.807) is 17.1 Å². The molecule has 1 rings (SSSR count). The van der Waals surface area contributed by atoms with Gasteiger partial charge in [0.1, 0.15) is 5.69 Å². The predicted molar refractivity (Wildman–Crippen MR) is 80.0 cm³/mol. The second-order valence-electron chi connectivity index (χ2n) is 6.46. The summed E-state index contributed by atoms with van der Waals surface area (Å²) in [7, 11) is 1.81. The highest BCUT2D eigenvalue weighted by molar-refractivity contribution is 5.91. The summed E-state index contributed by atoms with van der Waals surface area (Å²) in [6.45, 7) is 6.82. The summed E-state index contributed by atoms with van der Waals surface area (Å²) < 4.78 is 1.72. The van der Waals surface area contributed by atoms with Crippen LogP contribution in [0.3, 0.4) is 0 Å². The first-order chi connectivity index (χ1) is 9.70. The van der Waals surface area contributed by atoms with Crippen molar-refractivity contribution >= 4 is 11.9 Å². The molecule has 0 aliphatic carbocycles. The van der Waals surface area contributed by atoms with Gasteiger partial charge in [-0.15, -0.1) is 0 Å². The fourth-order valence-electron chi connectivity index (χ4n) is 2.29. The Hall–Kier alpha value is -1.85. The van der Waals surface area contributed by atoms with Crippen molar-refractivity contribution in [2.24, 2.45) is 18.4 Å². The number of rotatable bonds is 7. The Morgan fingerprint density at radius 3 is 2.52 bits per heavy atom. The molecular weight excluding hydrogens is 270 g/mol. The van der Waals surface area contributed by atoms with E-state index in [0.717, 1.165) is 6.42 Å². The standard InChI is InChI=1S/C15H25N3O3/c1-15(2,3)11(5-6-13(19)20)7-8-16-14(21)12-9-18(4)10-17-12/h9-11H,5-8H2,1-4H3,(H,16,21)(H,19,20). The lowest BCUT2D eigenvalue weighted by atomic mass is 9.76. The van der Waals surface area contributed by atoms with Crippen LogP contribution in [0.25, 0.3) is 0 Å². The second-order valence-corrected chi connectivity index (χ2v) is 6.46. The van der Waals surface area contributed by atoms with Gasteiger partial charge in [0, 0.05) is 26.2 Å². The molecule has 0 saturated heterocycles. The van der Waals surface area contributed by atoms with E-state index >= 15 is 0 Å². The minimum absolute atomic E-state index is 0.0190. The van der Waals surface area contributed by atoms with E-state index in [-0.39, 0.29) is 23.7 Å². The van der Waals surface area contributed by atoms with Crippen molar-refractivity contribution in [1.82, 2.24) is 14.9 Å². The van der Waals surface area contributed by atoms with Crippen LogP contribution >= 0.6 is 0 Å². The van der Waals surface area contributed by atoms with Crippen LogP contribution in [0.4, 0.5) is 0 Å². The van der Waals surface area contributed by atoms with E-state index in [1.807, 2.05) is 7.05 Å². The Bertz CT molecular complexity index is 489. The minimum Gasteiger partial charge on any atom is -0.481 e. The van der Waals surface area contributed by atoms with Gasteiger partial charge in [-0.2, -0.15) is 0 Å². The molecule has 1 unspecified atom stereocenters. The summed E-state index contributed by atoms with van der Waals surface area (Å²) >= 11 is 0. The number of nitrogens with zero attached hydrogens (tertiary/aromatic N) is 2. The molecule has 118 valence electrons. The second kappa shape index (κ2) is 7.24. The average molecular weight is 295 g/mol. The molecule has 0 aliphatic heterocycles. The number of carbonyl (C=O) groups excluding carboxylic acids is 1. The van der Waals surface area contributed by atoms with Crippen LogP contribution in [0, 0.1) is 11.3 Å². The largest absolute Gasteiger partial charge is 0.481 e. The maximum Gasteiger partial charge on any atom is 0.303 e. The Kier molecular flexibility index (Phi) is 5.93. The number of hydrogen-bond acceptors (Lipinski definition) is 3. The Morgan fingerprint density at radius 1 is 1.38 bits per heavy atom. The van der Waals surface area contributed by atoms with E-state index in [9.17, 15) is 9.59 Å². The van der Waals surface area contributed by atoms with Crippen LogP contribution in [-0.2, 0) is 11.8 Å². The van der Waals surface area contributed by atoms with Crippen molar-refractivity contribution in [3.63, 3.8) is 0 Å². The van der Waals surface area contributed by atoms with Gasteiger partial charge in [0.2, 0.25) is 0 Å². The molecule has 0 radical (unpaired) electrons. The van der Waals surface area contributed by atoms with Gasteiger partial charge in [-0.25, -0.2) is 4.98 Å². The van der Waals surface area contributed by atoms with Gasteiger partial charge >= 0.3 is 5.97 Å². The van der Waals surface area contributed by atoms with Crippen molar-refractivity contribution in [1.29, 1.82) is 0 Å². The number of carboxylic acid groups (broad SMARTS) is 1. The summed E-state index contributed by atoms with van der Waals surface area (Å²) in [5.41, 5.74) is 0.417. The summed E-state index contributed by atoms with van der Waals surface area (Å²) in [5, 5.41) is 11.7. The fraction of sp³-hybridized carbons (Fsp3) is 0.667. The number of carboxylic acids is 1. The average Bonchev–Trinajstić information content (AvgIpc) is 2.78. The Balaban J connectivity index is 2.46. The Morgan fingerprint density at radius 2 is 2.05 bits per heavy atom. The number of carbonyl (C=O) groups is 2. The summed E-state index contributed by atoms with van der Waals surface area (Å²) in [6.07, 6.45) is 4.80. The van der Waals surface area contributed by atoms with Crippen LogP contribution in [0.15, 0.2) is 12.5 Å². The van der Waals surface area contributed by atoms with Crippen molar-refractivity contribution in [2.75, 3.05) is 6.54 Å². The number of hydrogen-bond donors (Lipinski definition) is 2. The first kappa shape index (κ1) is 17.2. The van der Waals surface area contributed by atoms with Crippen LogP contribution < -0.4 is 5.32 Å². The third kappa shape index (κ3) is 5.97. The molecule has 6 nitrogen and oxygen atoms in total. The highest BCUT2D eigenvalue weighted by Gasteiger charge is 2.25. The number of aromatic nitrogens is 2. The maximum atomic E-state index is 11.9. The van der Waals surface area contributed by atoms with Crippen LogP contribution in [-0.4, -0.2) is 33.1 Å². The quantitative estimate of drug-likeness (QED) is 0.806. The highest BCUT2D eigenvalue weighted by atomic mass is 16.4. The lowest BCUT2D eigenvalue weighted by Gasteiger charge is -2.30. The topological polar surface area (TPSA) is 84.2 Å². The molecule has 2 N–H and O–H groups in total. The number of amides is 1. The number of imidazole rings is 1. The van der Waals surface area contributed by atoms with E-state index in [1.165, 1.54) is 0 Å². The molecular formula is C15H25N3O3. The van der Waals surface area contributed by atoms with Crippen molar-refractivity contribution in [2.45, 2.75) is 40.0 Å². The number of nitrogens with one attached hydrogen (secondary N) is 1. The summed E-state index contributed by atoms with van der Waals surface area (Å²) in [4.78, 5) is 26.6. The molecule has 0 spiro atoms. The monoisotopic (exact) mass is 295 g/mol. The van der Waals surface area contributed by atoms with E-state index < -0.39 is 5.97 Å². The molecule has 0 fully saturated rings. The smallest absolute Gasteiger partial charge is 0.303 e. The van der Waals surface area contributed by atoms with Crippen molar-refractivity contribution < 1.29 is 14.7 Å².